The van der Waals surface area contributed by atoms with E-state index in [4.69, 9.17) is 16.3 Å². The van der Waals surface area contributed by atoms with Gasteiger partial charge in [-0.1, -0.05) is 29.8 Å². The summed E-state index contributed by atoms with van der Waals surface area (Å²) in [5, 5.41) is 7.22. The Labute approximate surface area is 160 Å². The molecule has 0 saturated carbocycles. The Hall–Kier alpha value is -3.19. The van der Waals surface area contributed by atoms with Crippen LogP contribution in [0.5, 0.6) is 0 Å². The van der Waals surface area contributed by atoms with E-state index in [0.717, 1.165) is 11.4 Å². The first-order valence-corrected chi connectivity index (χ1v) is 8.54. The molecule has 2 aromatic heterocycles. The number of rotatable bonds is 5. The molecular weight excluding hydrogens is 368 g/mol. The second-order valence-corrected chi connectivity index (χ2v) is 6.12. The van der Waals surface area contributed by atoms with Crippen molar-refractivity contribution >= 4 is 29.2 Å². The van der Waals surface area contributed by atoms with Gasteiger partial charge in [-0.3, -0.25) is 4.79 Å². The average Bonchev–Trinajstić information content (AvgIpc) is 2.95. The summed E-state index contributed by atoms with van der Waals surface area (Å²) in [6.07, 6.45) is 1.46. The number of esters is 1. The highest BCUT2D eigenvalue weighted by Gasteiger charge is 2.17. The van der Waals surface area contributed by atoms with Gasteiger partial charge in [0.2, 0.25) is 0 Å². The lowest BCUT2D eigenvalue weighted by Crippen LogP contribution is -2.21. The Bertz CT molecular complexity index is 986. The van der Waals surface area contributed by atoms with E-state index in [1.165, 1.54) is 12.3 Å². The number of halogens is 1. The van der Waals surface area contributed by atoms with Gasteiger partial charge in [-0.2, -0.15) is 5.10 Å². The first-order chi connectivity index (χ1) is 13.0. The van der Waals surface area contributed by atoms with Crippen molar-refractivity contribution in [3.63, 3.8) is 0 Å². The lowest BCUT2D eigenvalue weighted by molar-refractivity contribution is -0.119. The number of nitrogens with one attached hydrogen (secondary N) is 1. The number of carbonyl (C=O) groups is 2. The van der Waals surface area contributed by atoms with Gasteiger partial charge in [0, 0.05) is 6.20 Å². The van der Waals surface area contributed by atoms with Gasteiger partial charge in [-0.25, -0.2) is 14.5 Å². The molecule has 138 valence electrons. The highest BCUT2D eigenvalue weighted by atomic mass is 35.5. The molecule has 7 nitrogen and oxygen atoms in total. The number of aromatic nitrogens is 3. The third-order valence-electron chi connectivity index (χ3n) is 3.87. The number of ether oxygens (including phenoxy) is 1. The molecule has 8 heteroatoms. The molecule has 0 bridgehead atoms. The molecule has 3 aromatic rings. The maximum atomic E-state index is 12.2. The van der Waals surface area contributed by atoms with E-state index in [0.29, 0.717) is 11.4 Å². The van der Waals surface area contributed by atoms with Crippen molar-refractivity contribution in [2.45, 2.75) is 13.8 Å². The number of carbonyl (C=O) groups excluding carboxylic acids is 2. The number of amides is 1. The lowest BCUT2D eigenvalue weighted by Gasteiger charge is -2.08. The zero-order chi connectivity index (χ0) is 19.4. The summed E-state index contributed by atoms with van der Waals surface area (Å²) in [6, 6.07) is 12.6. The third-order valence-corrected chi connectivity index (χ3v) is 4.17. The van der Waals surface area contributed by atoms with Crippen LogP contribution in [0, 0.1) is 13.8 Å². The molecule has 3 rings (SSSR count). The van der Waals surface area contributed by atoms with Crippen LogP contribution in [-0.4, -0.2) is 33.2 Å². The molecule has 0 saturated heterocycles. The number of hydrogen-bond donors (Lipinski definition) is 1. The Balaban J connectivity index is 1.67. The summed E-state index contributed by atoms with van der Waals surface area (Å²) in [6.45, 7) is 3.20. The van der Waals surface area contributed by atoms with Gasteiger partial charge < -0.3 is 10.1 Å². The Morgan fingerprint density at radius 1 is 1.15 bits per heavy atom. The van der Waals surface area contributed by atoms with Gasteiger partial charge in [0.25, 0.3) is 5.91 Å². The molecule has 1 N–H and O–H groups in total. The number of para-hydroxylation sites is 1. The molecule has 0 fully saturated rings. The molecule has 0 unspecified atom stereocenters. The number of aryl methyl sites for hydroxylation is 1. The Morgan fingerprint density at radius 3 is 2.59 bits per heavy atom. The van der Waals surface area contributed by atoms with Crippen molar-refractivity contribution in [2.24, 2.45) is 0 Å². The maximum absolute atomic E-state index is 12.2. The van der Waals surface area contributed by atoms with Crippen LogP contribution in [0.15, 0.2) is 48.7 Å². The predicted octanol–water partition coefficient (Wildman–Crippen LogP) is 3.33. The van der Waals surface area contributed by atoms with Crippen LogP contribution in [0.2, 0.25) is 5.15 Å². The monoisotopic (exact) mass is 384 g/mol. The second-order valence-electron chi connectivity index (χ2n) is 5.76. The van der Waals surface area contributed by atoms with Crippen molar-refractivity contribution in [3.05, 3.63) is 70.8 Å². The molecular formula is C19H17ClN4O3. The molecule has 1 aromatic carbocycles. The van der Waals surface area contributed by atoms with E-state index >= 15 is 0 Å². The molecule has 0 aliphatic rings. The van der Waals surface area contributed by atoms with Gasteiger partial charge in [0.1, 0.15) is 5.15 Å². The minimum absolute atomic E-state index is 0.0266. The fourth-order valence-electron chi connectivity index (χ4n) is 2.57. The molecule has 0 radical (unpaired) electrons. The topological polar surface area (TPSA) is 86.1 Å². The number of nitrogens with zero attached hydrogens (tertiary/aromatic N) is 3. The smallest absolute Gasteiger partial charge is 0.341 e. The fraction of sp³-hybridized carbons (Fsp3) is 0.158. The number of pyridine rings is 1. The highest BCUT2D eigenvalue weighted by molar-refractivity contribution is 6.32. The van der Waals surface area contributed by atoms with Crippen molar-refractivity contribution in [3.8, 4) is 5.69 Å². The van der Waals surface area contributed by atoms with Crippen LogP contribution >= 0.6 is 11.6 Å². The van der Waals surface area contributed by atoms with Crippen molar-refractivity contribution in [1.82, 2.24) is 14.8 Å². The molecule has 0 aliphatic heterocycles. The molecule has 0 aliphatic carbocycles. The average molecular weight is 385 g/mol. The largest absolute Gasteiger partial charge is 0.452 e. The van der Waals surface area contributed by atoms with Crippen LogP contribution in [0.3, 0.4) is 0 Å². The van der Waals surface area contributed by atoms with E-state index in [9.17, 15) is 9.59 Å². The van der Waals surface area contributed by atoms with Crippen LogP contribution < -0.4 is 5.32 Å². The first kappa shape index (κ1) is 18.6. The number of anilines is 1. The highest BCUT2D eigenvalue weighted by Crippen LogP contribution is 2.22. The third kappa shape index (κ3) is 4.15. The van der Waals surface area contributed by atoms with Gasteiger partial charge >= 0.3 is 5.97 Å². The minimum atomic E-state index is -0.711. The molecule has 27 heavy (non-hydrogen) atoms. The van der Waals surface area contributed by atoms with Crippen LogP contribution in [0.25, 0.3) is 5.69 Å². The van der Waals surface area contributed by atoms with Crippen LogP contribution in [0.1, 0.15) is 21.7 Å². The summed E-state index contributed by atoms with van der Waals surface area (Å²) < 4.78 is 6.75. The van der Waals surface area contributed by atoms with E-state index in [1.807, 2.05) is 37.3 Å². The normalized spacial score (nSPS) is 10.5. The zero-order valence-corrected chi connectivity index (χ0v) is 15.5. The Kier molecular flexibility index (Phi) is 5.52. The number of benzene rings is 1. The number of hydrogen-bond acceptors (Lipinski definition) is 5. The van der Waals surface area contributed by atoms with Gasteiger partial charge in [0.15, 0.2) is 6.61 Å². The van der Waals surface area contributed by atoms with Gasteiger partial charge in [-0.05, 0) is 38.1 Å². The van der Waals surface area contributed by atoms with E-state index in [2.05, 4.69) is 15.4 Å². The zero-order valence-electron chi connectivity index (χ0n) is 14.8. The quantitative estimate of drug-likeness (QED) is 0.538. The van der Waals surface area contributed by atoms with Crippen LogP contribution in [-0.2, 0) is 9.53 Å². The van der Waals surface area contributed by atoms with Crippen LogP contribution in [0.4, 0.5) is 5.69 Å². The molecule has 2 heterocycles. The maximum Gasteiger partial charge on any atom is 0.341 e. The second kappa shape index (κ2) is 8.01. The van der Waals surface area contributed by atoms with Gasteiger partial charge in [-0.15, -0.1) is 0 Å². The van der Waals surface area contributed by atoms with Crippen molar-refractivity contribution in [2.75, 3.05) is 11.9 Å². The van der Waals surface area contributed by atoms with Crippen molar-refractivity contribution in [1.29, 1.82) is 0 Å². The fourth-order valence-corrected chi connectivity index (χ4v) is 2.76. The van der Waals surface area contributed by atoms with E-state index in [1.54, 1.807) is 17.7 Å². The molecule has 0 spiro atoms. The van der Waals surface area contributed by atoms with E-state index in [-0.39, 0.29) is 10.7 Å². The summed E-state index contributed by atoms with van der Waals surface area (Å²) in [5.41, 5.74) is 3.01. The minimum Gasteiger partial charge on any atom is -0.452 e. The molecule has 0 atom stereocenters. The first-order valence-electron chi connectivity index (χ1n) is 8.16. The van der Waals surface area contributed by atoms with Gasteiger partial charge in [0.05, 0.1) is 28.3 Å². The lowest BCUT2D eigenvalue weighted by atomic mass is 10.3. The predicted molar refractivity (Wildman–Crippen MR) is 101 cm³/mol. The Morgan fingerprint density at radius 2 is 1.89 bits per heavy atom. The summed E-state index contributed by atoms with van der Waals surface area (Å²) in [7, 11) is 0. The molecule has 1 amide bonds. The SMILES string of the molecule is Cc1nn(-c2ccccc2)c(C)c1NC(=O)COC(=O)c1cccnc1Cl. The summed E-state index contributed by atoms with van der Waals surface area (Å²) in [5.74, 6) is -1.18. The summed E-state index contributed by atoms with van der Waals surface area (Å²) in [4.78, 5) is 28.0. The summed E-state index contributed by atoms with van der Waals surface area (Å²) >= 11 is 5.84. The standard InChI is InChI=1S/C19H17ClN4O3/c1-12-17(13(2)24(23-12)14-7-4-3-5-8-14)22-16(25)11-27-19(26)15-9-6-10-21-18(15)20/h3-10H,11H2,1-2H3,(H,22,25). The van der Waals surface area contributed by atoms with Crippen molar-refractivity contribution < 1.29 is 14.3 Å². The van der Waals surface area contributed by atoms with E-state index < -0.39 is 18.5 Å².